The maximum absolute atomic E-state index is 12.2. The van der Waals surface area contributed by atoms with E-state index in [2.05, 4.69) is 23.9 Å². The van der Waals surface area contributed by atoms with Gasteiger partial charge in [-0.3, -0.25) is 4.79 Å². The molecule has 0 radical (unpaired) electrons. The van der Waals surface area contributed by atoms with Gasteiger partial charge in [0, 0.05) is 6.04 Å². The fourth-order valence-electron chi connectivity index (χ4n) is 3.09. The standard InChI is InChI=1S/C16H26N2O4S/c1-11(2)12-5-4-6-13(8-7-12)18-16(19)14-9-10-15(22-14)23(20,21)17-3/h9-13,17H,4-8H2,1-3H3,(H,18,19)/t12-,13+/m0/s1. The minimum Gasteiger partial charge on any atom is -0.438 e. The lowest BCUT2D eigenvalue weighted by Crippen LogP contribution is -2.34. The van der Waals surface area contributed by atoms with E-state index in [1.165, 1.54) is 25.6 Å². The minimum atomic E-state index is -3.66. The maximum Gasteiger partial charge on any atom is 0.287 e. The van der Waals surface area contributed by atoms with E-state index >= 15 is 0 Å². The Balaban J connectivity index is 1.97. The fraction of sp³-hybridized carbons (Fsp3) is 0.688. The van der Waals surface area contributed by atoms with Crippen molar-refractivity contribution >= 4 is 15.9 Å². The van der Waals surface area contributed by atoms with Crippen LogP contribution in [0, 0.1) is 11.8 Å². The second-order valence-corrected chi connectivity index (χ2v) is 8.33. The Labute approximate surface area is 138 Å². The summed E-state index contributed by atoms with van der Waals surface area (Å²) in [6, 6.07) is 2.82. The number of amides is 1. The van der Waals surface area contributed by atoms with Gasteiger partial charge in [-0.05, 0) is 50.3 Å². The minimum absolute atomic E-state index is 0.0310. The Morgan fingerprint density at radius 2 is 1.96 bits per heavy atom. The molecule has 6 nitrogen and oxygen atoms in total. The van der Waals surface area contributed by atoms with Gasteiger partial charge in [-0.1, -0.05) is 26.7 Å². The lowest BCUT2D eigenvalue weighted by Gasteiger charge is -2.18. The zero-order valence-corrected chi connectivity index (χ0v) is 14.8. The first-order valence-electron chi connectivity index (χ1n) is 8.17. The van der Waals surface area contributed by atoms with Crippen LogP contribution in [-0.4, -0.2) is 27.4 Å². The van der Waals surface area contributed by atoms with E-state index < -0.39 is 10.0 Å². The molecule has 0 bridgehead atoms. The molecule has 130 valence electrons. The molecule has 2 atom stereocenters. The van der Waals surface area contributed by atoms with E-state index in [1.807, 2.05) is 0 Å². The molecule has 1 amide bonds. The summed E-state index contributed by atoms with van der Waals surface area (Å²) in [5, 5.41) is 2.72. The molecule has 1 aliphatic carbocycles. The van der Waals surface area contributed by atoms with Crippen molar-refractivity contribution in [2.24, 2.45) is 11.8 Å². The van der Waals surface area contributed by atoms with Crippen LogP contribution in [0.3, 0.4) is 0 Å². The summed E-state index contributed by atoms with van der Waals surface area (Å²) in [7, 11) is -2.36. The summed E-state index contributed by atoms with van der Waals surface area (Å²) in [4.78, 5) is 12.2. The van der Waals surface area contributed by atoms with Crippen molar-refractivity contribution in [3.8, 4) is 0 Å². The van der Waals surface area contributed by atoms with Crippen molar-refractivity contribution in [3.63, 3.8) is 0 Å². The van der Waals surface area contributed by atoms with Gasteiger partial charge in [0.15, 0.2) is 5.76 Å². The average molecular weight is 342 g/mol. The van der Waals surface area contributed by atoms with Crippen molar-refractivity contribution in [3.05, 3.63) is 17.9 Å². The summed E-state index contributed by atoms with van der Waals surface area (Å²) in [6.45, 7) is 4.49. The Morgan fingerprint density at radius 1 is 1.22 bits per heavy atom. The van der Waals surface area contributed by atoms with Gasteiger partial charge >= 0.3 is 0 Å². The Hall–Kier alpha value is -1.34. The molecule has 0 saturated heterocycles. The second kappa shape index (κ2) is 7.49. The van der Waals surface area contributed by atoms with Gasteiger partial charge in [-0.25, -0.2) is 13.1 Å². The highest BCUT2D eigenvalue weighted by molar-refractivity contribution is 7.89. The Bertz CT molecular complexity index is 636. The van der Waals surface area contributed by atoms with E-state index in [0.29, 0.717) is 11.8 Å². The van der Waals surface area contributed by atoms with Crippen LogP contribution in [0.5, 0.6) is 0 Å². The topological polar surface area (TPSA) is 88.4 Å². The number of rotatable bonds is 5. The number of hydrogen-bond donors (Lipinski definition) is 2. The quantitative estimate of drug-likeness (QED) is 0.805. The summed E-state index contributed by atoms with van der Waals surface area (Å²) in [5.41, 5.74) is 0. The molecule has 1 aromatic heterocycles. The Morgan fingerprint density at radius 3 is 2.61 bits per heavy atom. The highest BCUT2D eigenvalue weighted by Gasteiger charge is 2.24. The predicted molar refractivity (Wildman–Crippen MR) is 87.6 cm³/mol. The van der Waals surface area contributed by atoms with E-state index in [1.54, 1.807) is 0 Å². The zero-order chi connectivity index (χ0) is 17.0. The number of hydrogen-bond acceptors (Lipinski definition) is 4. The SMILES string of the molecule is CNS(=O)(=O)c1ccc(C(=O)N[C@@H]2CCC[C@H](C(C)C)CC2)o1. The number of furan rings is 1. The third kappa shape index (κ3) is 4.57. The van der Waals surface area contributed by atoms with Crippen molar-refractivity contribution in [2.45, 2.75) is 57.1 Å². The van der Waals surface area contributed by atoms with Crippen LogP contribution in [0.15, 0.2) is 21.6 Å². The maximum atomic E-state index is 12.2. The van der Waals surface area contributed by atoms with E-state index in [0.717, 1.165) is 25.7 Å². The molecule has 1 aromatic rings. The van der Waals surface area contributed by atoms with Gasteiger partial charge in [0.1, 0.15) is 0 Å². The molecule has 7 heteroatoms. The fourth-order valence-corrected chi connectivity index (χ4v) is 3.73. The molecule has 2 N–H and O–H groups in total. The first-order valence-corrected chi connectivity index (χ1v) is 9.66. The number of carbonyl (C=O) groups excluding carboxylic acids is 1. The molecule has 1 saturated carbocycles. The lowest BCUT2D eigenvalue weighted by molar-refractivity contribution is 0.0899. The van der Waals surface area contributed by atoms with Gasteiger partial charge in [-0.15, -0.1) is 0 Å². The van der Waals surface area contributed by atoms with Crippen molar-refractivity contribution in [2.75, 3.05) is 7.05 Å². The molecule has 2 rings (SSSR count). The summed E-state index contributed by atoms with van der Waals surface area (Å²) >= 11 is 0. The number of carbonyl (C=O) groups is 1. The molecule has 0 aromatic carbocycles. The molecule has 0 aliphatic heterocycles. The molecule has 0 unspecified atom stereocenters. The lowest BCUT2D eigenvalue weighted by atomic mass is 9.89. The predicted octanol–water partition coefficient (Wildman–Crippen LogP) is 2.52. The highest BCUT2D eigenvalue weighted by Crippen LogP contribution is 2.29. The van der Waals surface area contributed by atoms with Gasteiger partial charge in [-0.2, -0.15) is 0 Å². The second-order valence-electron chi connectivity index (χ2n) is 6.51. The van der Waals surface area contributed by atoms with Crippen LogP contribution in [-0.2, 0) is 10.0 Å². The molecule has 1 aliphatic rings. The van der Waals surface area contributed by atoms with Crippen LogP contribution in [0.25, 0.3) is 0 Å². The van der Waals surface area contributed by atoms with Crippen LogP contribution in [0.4, 0.5) is 0 Å². The van der Waals surface area contributed by atoms with Gasteiger partial charge in [0.2, 0.25) is 5.09 Å². The molecule has 1 heterocycles. The highest BCUT2D eigenvalue weighted by atomic mass is 32.2. The van der Waals surface area contributed by atoms with Crippen LogP contribution in [0.2, 0.25) is 0 Å². The Kier molecular flexibility index (Phi) is 5.86. The number of nitrogens with one attached hydrogen (secondary N) is 2. The van der Waals surface area contributed by atoms with Crippen molar-refractivity contribution in [1.82, 2.24) is 10.0 Å². The average Bonchev–Trinajstić information content (AvgIpc) is 2.90. The number of sulfonamides is 1. The van der Waals surface area contributed by atoms with Crippen molar-refractivity contribution in [1.29, 1.82) is 0 Å². The van der Waals surface area contributed by atoms with E-state index in [9.17, 15) is 13.2 Å². The molecule has 0 spiro atoms. The first-order chi connectivity index (χ1) is 10.8. The van der Waals surface area contributed by atoms with Gasteiger partial charge in [0.05, 0.1) is 0 Å². The van der Waals surface area contributed by atoms with Crippen molar-refractivity contribution < 1.29 is 17.6 Å². The third-order valence-electron chi connectivity index (χ3n) is 4.63. The molecule has 1 fully saturated rings. The monoisotopic (exact) mass is 342 g/mol. The first kappa shape index (κ1) is 18.0. The summed E-state index contributed by atoms with van der Waals surface area (Å²) < 4.78 is 30.6. The summed E-state index contributed by atoms with van der Waals surface area (Å²) in [6.07, 6.45) is 5.33. The third-order valence-corrected chi connectivity index (χ3v) is 5.92. The van der Waals surface area contributed by atoms with Gasteiger partial charge < -0.3 is 9.73 Å². The van der Waals surface area contributed by atoms with Gasteiger partial charge in [0.25, 0.3) is 15.9 Å². The van der Waals surface area contributed by atoms with Crippen LogP contribution in [0.1, 0.15) is 56.5 Å². The van der Waals surface area contributed by atoms with E-state index in [-0.39, 0.29) is 22.8 Å². The van der Waals surface area contributed by atoms with Crippen LogP contribution < -0.4 is 10.0 Å². The normalized spacial score (nSPS) is 22.8. The summed E-state index contributed by atoms with van der Waals surface area (Å²) in [5.74, 6) is 1.07. The zero-order valence-electron chi connectivity index (χ0n) is 14.0. The largest absolute Gasteiger partial charge is 0.438 e. The smallest absolute Gasteiger partial charge is 0.287 e. The van der Waals surface area contributed by atoms with E-state index in [4.69, 9.17) is 4.42 Å². The van der Waals surface area contributed by atoms with Crippen LogP contribution >= 0.6 is 0 Å². The molecular formula is C16H26N2O4S. The molecule has 23 heavy (non-hydrogen) atoms. The molecular weight excluding hydrogens is 316 g/mol.